The molecule has 1 aliphatic rings. The summed E-state index contributed by atoms with van der Waals surface area (Å²) >= 11 is 0. The number of likely N-dealkylation sites (tertiary alicyclic amines) is 1. The van der Waals surface area contributed by atoms with Crippen molar-refractivity contribution < 1.29 is 17.6 Å². The van der Waals surface area contributed by atoms with Crippen LogP contribution in [-0.2, 0) is 12.0 Å². The second-order valence-corrected chi connectivity index (χ2v) is 8.61. The first-order chi connectivity index (χ1) is 13.6. The second-order valence-electron chi connectivity index (χ2n) is 8.61. The van der Waals surface area contributed by atoms with Gasteiger partial charge in [-0.15, -0.1) is 0 Å². The number of nitrogens with zero attached hydrogens (tertiary/aromatic N) is 3. The van der Waals surface area contributed by atoms with Gasteiger partial charge in [0.25, 0.3) is 0 Å². The van der Waals surface area contributed by atoms with Crippen molar-refractivity contribution in [1.29, 1.82) is 0 Å². The molecule has 29 heavy (non-hydrogen) atoms. The summed E-state index contributed by atoms with van der Waals surface area (Å²) in [5, 5.41) is 6.50. The number of aliphatic imine (C=N–C) groups is 1. The SMILES string of the molecule is CCNC(=NCc1ncc(C(C)(C)C)o1)NCCC1CCN(CC(F)(F)F)CC1. The molecule has 0 spiro atoms. The lowest BCUT2D eigenvalue weighted by atomic mass is 9.93. The molecule has 166 valence electrons. The highest BCUT2D eigenvalue weighted by Gasteiger charge is 2.32. The van der Waals surface area contributed by atoms with Gasteiger partial charge in [0.15, 0.2) is 5.96 Å². The molecule has 0 bridgehead atoms. The highest BCUT2D eigenvalue weighted by atomic mass is 19.4. The molecule has 2 heterocycles. The fourth-order valence-electron chi connectivity index (χ4n) is 3.30. The normalized spacial score (nSPS) is 17.6. The molecule has 0 unspecified atom stereocenters. The highest BCUT2D eigenvalue weighted by Crippen LogP contribution is 2.24. The zero-order chi connectivity index (χ0) is 21.5. The van der Waals surface area contributed by atoms with Gasteiger partial charge in [0.1, 0.15) is 12.3 Å². The molecule has 1 saturated heterocycles. The van der Waals surface area contributed by atoms with E-state index < -0.39 is 12.7 Å². The number of hydrogen-bond donors (Lipinski definition) is 2. The largest absolute Gasteiger partial charge is 0.443 e. The molecule has 0 aliphatic carbocycles. The zero-order valence-electron chi connectivity index (χ0n) is 17.9. The smallest absolute Gasteiger partial charge is 0.401 e. The summed E-state index contributed by atoms with van der Waals surface area (Å²) in [5.41, 5.74) is -0.0899. The van der Waals surface area contributed by atoms with Crippen LogP contribution in [0.3, 0.4) is 0 Å². The number of guanidine groups is 1. The van der Waals surface area contributed by atoms with Crippen LogP contribution < -0.4 is 10.6 Å². The molecule has 2 N–H and O–H groups in total. The number of aromatic nitrogens is 1. The van der Waals surface area contributed by atoms with Gasteiger partial charge in [0, 0.05) is 18.5 Å². The van der Waals surface area contributed by atoms with Gasteiger partial charge < -0.3 is 15.1 Å². The third-order valence-corrected chi connectivity index (χ3v) is 4.96. The first-order valence-corrected chi connectivity index (χ1v) is 10.3. The average molecular weight is 418 g/mol. The van der Waals surface area contributed by atoms with E-state index in [1.807, 2.05) is 6.92 Å². The van der Waals surface area contributed by atoms with Crippen molar-refractivity contribution >= 4 is 5.96 Å². The van der Waals surface area contributed by atoms with E-state index in [9.17, 15) is 13.2 Å². The molecule has 1 aromatic rings. The summed E-state index contributed by atoms with van der Waals surface area (Å²) in [7, 11) is 0. The topological polar surface area (TPSA) is 65.7 Å². The number of oxazole rings is 1. The van der Waals surface area contributed by atoms with Gasteiger partial charge >= 0.3 is 6.18 Å². The molecule has 0 atom stereocenters. The highest BCUT2D eigenvalue weighted by molar-refractivity contribution is 5.79. The van der Waals surface area contributed by atoms with Crippen molar-refractivity contribution in [2.75, 3.05) is 32.7 Å². The monoisotopic (exact) mass is 417 g/mol. The van der Waals surface area contributed by atoms with Crippen LogP contribution in [0.5, 0.6) is 0 Å². The number of halogens is 3. The summed E-state index contributed by atoms with van der Waals surface area (Å²) in [5.74, 6) is 2.54. The van der Waals surface area contributed by atoms with Gasteiger partial charge in [-0.3, -0.25) is 4.90 Å². The third kappa shape index (κ3) is 8.64. The van der Waals surface area contributed by atoms with E-state index >= 15 is 0 Å². The van der Waals surface area contributed by atoms with Crippen molar-refractivity contribution in [1.82, 2.24) is 20.5 Å². The van der Waals surface area contributed by atoms with Crippen molar-refractivity contribution in [3.63, 3.8) is 0 Å². The molecule has 0 saturated carbocycles. The zero-order valence-corrected chi connectivity index (χ0v) is 17.9. The minimum Gasteiger partial charge on any atom is -0.443 e. The number of hydrogen-bond acceptors (Lipinski definition) is 4. The Morgan fingerprint density at radius 2 is 1.93 bits per heavy atom. The fraction of sp³-hybridized carbons (Fsp3) is 0.800. The average Bonchev–Trinajstić information content (AvgIpc) is 3.09. The van der Waals surface area contributed by atoms with Gasteiger partial charge in [0.2, 0.25) is 5.89 Å². The predicted molar refractivity (Wildman–Crippen MR) is 108 cm³/mol. The fourth-order valence-corrected chi connectivity index (χ4v) is 3.30. The Balaban J connectivity index is 1.75. The van der Waals surface area contributed by atoms with Crippen LogP contribution in [0.15, 0.2) is 15.6 Å². The molecule has 1 fully saturated rings. The van der Waals surface area contributed by atoms with Crippen LogP contribution in [-0.4, -0.2) is 54.7 Å². The Bertz CT molecular complexity index is 643. The van der Waals surface area contributed by atoms with Crippen LogP contribution in [0.4, 0.5) is 13.2 Å². The van der Waals surface area contributed by atoms with E-state index in [-0.39, 0.29) is 5.41 Å². The van der Waals surface area contributed by atoms with Crippen LogP contribution in [0.1, 0.15) is 58.6 Å². The number of alkyl halides is 3. The van der Waals surface area contributed by atoms with Gasteiger partial charge in [-0.2, -0.15) is 13.2 Å². The maximum absolute atomic E-state index is 12.5. The summed E-state index contributed by atoms with van der Waals surface area (Å²) < 4.78 is 43.2. The second kappa shape index (κ2) is 10.3. The van der Waals surface area contributed by atoms with Gasteiger partial charge in [-0.05, 0) is 45.2 Å². The Kier molecular flexibility index (Phi) is 8.36. The molecule has 6 nitrogen and oxygen atoms in total. The van der Waals surface area contributed by atoms with Crippen molar-refractivity contribution in [3.8, 4) is 0 Å². The first kappa shape index (κ1) is 23.5. The van der Waals surface area contributed by atoms with Crippen LogP contribution in [0, 0.1) is 5.92 Å². The van der Waals surface area contributed by atoms with Crippen molar-refractivity contribution in [3.05, 3.63) is 17.8 Å². The first-order valence-electron chi connectivity index (χ1n) is 10.3. The quantitative estimate of drug-likeness (QED) is 0.523. The predicted octanol–water partition coefficient (Wildman–Crippen LogP) is 3.69. The molecular formula is C20H34F3N5O. The van der Waals surface area contributed by atoms with E-state index in [1.54, 1.807) is 6.20 Å². The lowest BCUT2D eigenvalue weighted by Gasteiger charge is -2.32. The summed E-state index contributed by atoms with van der Waals surface area (Å²) in [6, 6.07) is 0. The van der Waals surface area contributed by atoms with E-state index in [1.165, 1.54) is 4.90 Å². The van der Waals surface area contributed by atoms with Gasteiger partial charge in [0.05, 0.1) is 12.7 Å². The lowest BCUT2D eigenvalue weighted by Crippen LogP contribution is -2.41. The molecule has 0 radical (unpaired) electrons. The Morgan fingerprint density at radius 3 is 2.48 bits per heavy atom. The maximum Gasteiger partial charge on any atom is 0.401 e. The van der Waals surface area contributed by atoms with Crippen LogP contribution >= 0.6 is 0 Å². The van der Waals surface area contributed by atoms with E-state index in [0.29, 0.717) is 37.4 Å². The van der Waals surface area contributed by atoms with E-state index in [0.717, 1.165) is 38.1 Å². The van der Waals surface area contributed by atoms with Gasteiger partial charge in [-0.25, -0.2) is 9.98 Å². The molecule has 2 rings (SSSR count). The molecular weight excluding hydrogens is 383 g/mol. The van der Waals surface area contributed by atoms with Crippen LogP contribution in [0.25, 0.3) is 0 Å². The van der Waals surface area contributed by atoms with Crippen molar-refractivity contribution in [2.45, 2.75) is 65.1 Å². The summed E-state index contributed by atoms with van der Waals surface area (Å²) in [6.45, 7) is 10.2. The minimum absolute atomic E-state index is 0.0899. The van der Waals surface area contributed by atoms with Crippen molar-refractivity contribution in [2.24, 2.45) is 10.9 Å². The number of piperidine rings is 1. The van der Waals surface area contributed by atoms with E-state index in [2.05, 4.69) is 41.4 Å². The number of nitrogens with one attached hydrogen (secondary N) is 2. The molecule has 1 aliphatic heterocycles. The molecule has 1 aromatic heterocycles. The number of rotatable bonds is 7. The summed E-state index contributed by atoms with van der Waals surface area (Å²) in [6.07, 6.45) is 0.157. The standard InChI is InChI=1S/C20H34F3N5O/c1-5-24-18(27-13-17-26-12-16(29-17)19(2,3)4)25-9-6-15-7-10-28(11-8-15)14-20(21,22)23/h12,15H,5-11,13-14H2,1-4H3,(H2,24,25,27). The lowest BCUT2D eigenvalue weighted by molar-refractivity contribution is -0.148. The molecule has 0 amide bonds. The van der Waals surface area contributed by atoms with E-state index in [4.69, 9.17) is 4.42 Å². The van der Waals surface area contributed by atoms with Gasteiger partial charge in [-0.1, -0.05) is 20.8 Å². The molecule has 0 aromatic carbocycles. The maximum atomic E-state index is 12.5. The minimum atomic E-state index is -4.11. The molecule has 9 heteroatoms. The Hall–Kier alpha value is -1.77. The Labute approximate surface area is 171 Å². The third-order valence-electron chi connectivity index (χ3n) is 4.96. The van der Waals surface area contributed by atoms with Crippen LogP contribution in [0.2, 0.25) is 0 Å². The Morgan fingerprint density at radius 1 is 1.24 bits per heavy atom. The summed E-state index contributed by atoms with van der Waals surface area (Å²) in [4.78, 5) is 10.3.